The third-order valence-electron chi connectivity index (χ3n) is 6.27. The van der Waals surface area contributed by atoms with Crippen molar-refractivity contribution >= 4 is 23.4 Å². The molecule has 1 aliphatic heterocycles. The van der Waals surface area contributed by atoms with Crippen LogP contribution in [-0.2, 0) is 30.6 Å². The molecule has 2 heterocycles. The van der Waals surface area contributed by atoms with Crippen molar-refractivity contribution < 1.29 is 4.79 Å². The molecular weight excluding hydrogens is 440 g/mol. The van der Waals surface area contributed by atoms with Crippen LogP contribution in [0, 0.1) is 0 Å². The van der Waals surface area contributed by atoms with Crippen LogP contribution in [0.2, 0.25) is 0 Å². The lowest BCUT2D eigenvalue weighted by Gasteiger charge is -2.22. The topological polar surface area (TPSA) is 51.0 Å². The molecule has 0 N–H and O–H groups in total. The molecule has 0 unspecified atom stereocenters. The molecule has 172 valence electrons. The molecule has 0 radical (unpaired) electrons. The van der Waals surface area contributed by atoms with Crippen molar-refractivity contribution in [1.29, 1.82) is 0 Å². The smallest absolute Gasteiger partial charge is 0.237 e. The highest BCUT2D eigenvalue weighted by Crippen LogP contribution is 2.33. The minimum absolute atomic E-state index is 0.115. The molecule has 0 saturated heterocycles. The highest BCUT2D eigenvalue weighted by Gasteiger charge is 2.30. The van der Waals surface area contributed by atoms with Crippen molar-refractivity contribution in [3.63, 3.8) is 0 Å². The summed E-state index contributed by atoms with van der Waals surface area (Å²) in [6, 6.07) is 29.2. The van der Waals surface area contributed by atoms with Crippen LogP contribution in [0.3, 0.4) is 0 Å². The highest BCUT2D eigenvalue weighted by molar-refractivity contribution is 7.99. The van der Waals surface area contributed by atoms with Crippen molar-refractivity contribution in [2.45, 2.75) is 43.9 Å². The summed E-state index contributed by atoms with van der Waals surface area (Å²) < 4.78 is 2.18. The van der Waals surface area contributed by atoms with Gasteiger partial charge in [-0.2, -0.15) is 0 Å². The first-order chi connectivity index (χ1) is 16.7. The Kier molecular flexibility index (Phi) is 6.77. The third kappa shape index (κ3) is 4.92. The van der Waals surface area contributed by atoms with Gasteiger partial charge in [0.1, 0.15) is 5.82 Å². The summed E-state index contributed by atoms with van der Waals surface area (Å²) >= 11 is 1.48. The number of carbonyl (C=O) groups is 1. The standard InChI is InChI=1S/C28H28N4OS/c1-21-18-24-14-8-9-15-25(24)32(21)27(33)20-34-28-30-29-26(19-23-12-6-3-7-13-23)31(28)17-16-22-10-4-2-5-11-22/h2-15,21H,16-20H2,1H3/t21-/m1/s1. The zero-order valence-corrected chi connectivity index (χ0v) is 20.1. The number of hydrogen-bond acceptors (Lipinski definition) is 4. The average Bonchev–Trinajstić information content (AvgIpc) is 3.41. The Labute approximate surface area is 204 Å². The second-order valence-corrected chi connectivity index (χ2v) is 9.63. The van der Waals surface area contributed by atoms with E-state index in [1.54, 1.807) is 0 Å². The predicted molar refractivity (Wildman–Crippen MR) is 137 cm³/mol. The SMILES string of the molecule is C[C@@H]1Cc2ccccc2N1C(=O)CSc1nnc(Cc2ccccc2)n1CCc1ccccc1. The van der Waals surface area contributed by atoms with E-state index >= 15 is 0 Å². The van der Waals surface area contributed by atoms with Gasteiger partial charge in [0, 0.05) is 24.7 Å². The van der Waals surface area contributed by atoms with E-state index in [1.807, 2.05) is 47.4 Å². The molecule has 0 spiro atoms. The summed E-state index contributed by atoms with van der Waals surface area (Å²) in [5.74, 6) is 1.38. The quantitative estimate of drug-likeness (QED) is 0.334. The monoisotopic (exact) mass is 468 g/mol. The number of amides is 1. The number of hydrogen-bond donors (Lipinski definition) is 0. The minimum atomic E-state index is 0.115. The molecule has 0 fully saturated rings. The zero-order valence-electron chi connectivity index (χ0n) is 19.3. The van der Waals surface area contributed by atoms with Crippen LogP contribution in [0.25, 0.3) is 0 Å². The average molecular weight is 469 g/mol. The fraction of sp³-hybridized carbons (Fsp3) is 0.250. The number of aryl methyl sites for hydroxylation is 1. The Morgan fingerprint density at radius 1 is 0.912 bits per heavy atom. The first-order valence-electron chi connectivity index (χ1n) is 11.7. The van der Waals surface area contributed by atoms with E-state index in [1.165, 1.54) is 28.5 Å². The normalized spacial score (nSPS) is 14.9. The predicted octanol–water partition coefficient (Wildman–Crippen LogP) is 5.18. The molecule has 5 rings (SSSR count). The Balaban J connectivity index is 1.33. The van der Waals surface area contributed by atoms with Gasteiger partial charge in [-0.3, -0.25) is 4.79 Å². The van der Waals surface area contributed by atoms with Gasteiger partial charge in [-0.1, -0.05) is 90.6 Å². The Hall–Kier alpha value is -3.38. The summed E-state index contributed by atoms with van der Waals surface area (Å²) in [6.07, 6.45) is 2.51. The molecule has 5 nitrogen and oxygen atoms in total. The van der Waals surface area contributed by atoms with Crippen molar-refractivity contribution in [1.82, 2.24) is 14.8 Å². The second-order valence-electron chi connectivity index (χ2n) is 8.68. The van der Waals surface area contributed by atoms with Gasteiger partial charge in [0.25, 0.3) is 0 Å². The lowest BCUT2D eigenvalue weighted by Crippen LogP contribution is -2.37. The van der Waals surface area contributed by atoms with Crippen LogP contribution >= 0.6 is 11.8 Å². The van der Waals surface area contributed by atoms with Crippen molar-refractivity contribution in [2.75, 3.05) is 10.7 Å². The number of thioether (sulfide) groups is 1. The Bertz CT molecular complexity index is 1260. The minimum Gasteiger partial charge on any atom is -0.308 e. The molecule has 4 aromatic rings. The maximum Gasteiger partial charge on any atom is 0.237 e. The maximum atomic E-state index is 13.2. The zero-order chi connectivity index (χ0) is 23.3. The first kappa shape index (κ1) is 22.4. The number of nitrogens with zero attached hydrogens (tertiary/aromatic N) is 4. The van der Waals surface area contributed by atoms with Crippen LogP contribution < -0.4 is 4.90 Å². The maximum absolute atomic E-state index is 13.2. The fourth-order valence-corrected chi connectivity index (χ4v) is 5.43. The summed E-state index contributed by atoms with van der Waals surface area (Å²) in [5, 5.41) is 9.81. The van der Waals surface area contributed by atoms with Crippen LogP contribution in [0.15, 0.2) is 90.1 Å². The van der Waals surface area contributed by atoms with Crippen molar-refractivity contribution in [3.05, 3.63) is 107 Å². The number of carbonyl (C=O) groups excluding carboxylic acids is 1. The number of fused-ring (bicyclic) bond motifs is 1. The van der Waals surface area contributed by atoms with Gasteiger partial charge < -0.3 is 9.47 Å². The van der Waals surface area contributed by atoms with Gasteiger partial charge in [0.15, 0.2) is 5.16 Å². The van der Waals surface area contributed by atoms with Gasteiger partial charge in [-0.05, 0) is 42.5 Å². The molecule has 1 amide bonds. The molecule has 1 aromatic heterocycles. The number of para-hydroxylation sites is 1. The molecule has 3 aromatic carbocycles. The van der Waals surface area contributed by atoms with Crippen molar-refractivity contribution in [3.8, 4) is 0 Å². The van der Waals surface area contributed by atoms with E-state index in [4.69, 9.17) is 0 Å². The van der Waals surface area contributed by atoms with Gasteiger partial charge in [-0.15, -0.1) is 10.2 Å². The van der Waals surface area contributed by atoms with Crippen LogP contribution in [0.5, 0.6) is 0 Å². The van der Waals surface area contributed by atoms with E-state index in [0.717, 1.165) is 36.1 Å². The molecule has 0 aliphatic carbocycles. The number of benzene rings is 3. The molecular formula is C28H28N4OS. The molecule has 0 saturated carbocycles. The molecule has 6 heteroatoms. The first-order valence-corrected chi connectivity index (χ1v) is 12.7. The summed E-state index contributed by atoms with van der Waals surface area (Å²) in [7, 11) is 0. The summed E-state index contributed by atoms with van der Waals surface area (Å²) in [4.78, 5) is 15.2. The lowest BCUT2D eigenvalue weighted by molar-refractivity contribution is -0.116. The molecule has 1 aliphatic rings. The fourth-order valence-electron chi connectivity index (χ4n) is 4.59. The molecule has 0 bridgehead atoms. The molecule has 34 heavy (non-hydrogen) atoms. The van der Waals surface area contributed by atoms with Gasteiger partial charge in [0.05, 0.1) is 5.75 Å². The van der Waals surface area contributed by atoms with Crippen molar-refractivity contribution in [2.24, 2.45) is 0 Å². The van der Waals surface area contributed by atoms with E-state index in [-0.39, 0.29) is 11.9 Å². The highest BCUT2D eigenvalue weighted by atomic mass is 32.2. The summed E-state index contributed by atoms with van der Waals surface area (Å²) in [5.41, 5.74) is 4.75. The number of anilines is 1. The lowest BCUT2D eigenvalue weighted by atomic mass is 10.1. The second kappa shape index (κ2) is 10.3. The van der Waals surface area contributed by atoms with Crippen LogP contribution in [-0.4, -0.2) is 32.5 Å². The third-order valence-corrected chi connectivity index (χ3v) is 7.22. The van der Waals surface area contributed by atoms with Gasteiger partial charge in [-0.25, -0.2) is 0 Å². The van der Waals surface area contributed by atoms with E-state index < -0.39 is 0 Å². The van der Waals surface area contributed by atoms with Crippen LogP contribution in [0.1, 0.15) is 29.4 Å². The van der Waals surface area contributed by atoms with Gasteiger partial charge in [0.2, 0.25) is 5.91 Å². The van der Waals surface area contributed by atoms with E-state index in [0.29, 0.717) is 12.2 Å². The van der Waals surface area contributed by atoms with E-state index in [2.05, 4.69) is 64.2 Å². The Morgan fingerprint density at radius 2 is 1.59 bits per heavy atom. The summed E-state index contributed by atoms with van der Waals surface area (Å²) in [6.45, 7) is 2.89. The largest absolute Gasteiger partial charge is 0.308 e. The number of rotatable bonds is 8. The van der Waals surface area contributed by atoms with E-state index in [9.17, 15) is 4.79 Å². The number of aromatic nitrogens is 3. The molecule has 1 atom stereocenters. The van der Waals surface area contributed by atoms with Gasteiger partial charge >= 0.3 is 0 Å². The van der Waals surface area contributed by atoms with Crippen LogP contribution in [0.4, 0.5) is 5.69 Å². The Morgan fingerprint density at radius 3 is 2.35 bits per heavy atom.